The number of nitrogens with zero attached hydrogens (tertiary/aromatic N) is 1. The van der Waals surface area contributed by atoms with Crippen molar-refractivity contribution in [2.24, 2.45) is 0 Å². The van der Waals surface area contributed by atoms with Crippen molar-refractivity contribution in [3.05, 3.63) is 69.5 Å². The molecule has 120 valence electrons. The zero-order chi connectivity index (χ0) is 16.4. The van der Waals surface area contributed by atoms with Crippen molar-refractivity contribution in [1.29, 1.82) is 0 Å². The van der Waals surface area contributed by atoms with E-state index in [-0.39, 0.29) is 11.6 Å². The van der Waals surface area contributed by atoms with Crippen molar-refractivity contribution < 1.29 is 13.9 Å². The van der Waals surface area contributed by atoms with E-state index in [1.165, 1.54) is 23.8 Å². The maximum atomic E-state index is 13.0. The lowest BCUT2D eigenvalue weighted by Crippen LogP contribution is -2.28. The molecule has 0 atom stereocenters. The van der Waals surface area contributed by atoms with Gasteiger partial charge in [0.1, 0.15) is 11.6 Å². The van der Waals surface area contributed by atoms with E-state index in [0.29, 0.717) is 24.6 Å². The fourth-order valence-corrected chi connectivity index (χ4v) is 2.75. The molecule has 0 radical (unpaired) electrons. The van der Waals surface area contributed by atoms with E-state index in [1.54, 1.807) is 19.1 Å². The van der Waals surface area contributed by atoms with Crippen LogP contribution in [0.3, 0.4) is 0 Å². The Kier molecular flexibility index (Phi) is 4.30. The zero-order valence-corrected chi connectivity index (χ0v) is 12.9. The van der Waals surface area contributed by atoms with Crippen molar-refractivity contribution in [3.63, 3.8) is 0 Å². The Bertz CT molecular complexity index is 793. The molecular formula is C18H18FNO3. The van der Waals surface area contributed by atoms with Crippen LogP contribution in [0.2, 0.25) is 0 Å². The second kappa shape index (κ2) is 6.38. The molecule has 2 heterocycles. The van der Waals surface area contributed by atoms with Gasteiger partial charge >= 0.3 is 0 Å². The third kappa shape index (κ3) is 3.51. The zero-order valence-electron chi connectivity index (χ0n) is 12.9. The van der Waals surface area contributed by atoms with E-state index >= 15 is 0 Å². The summed E-state index contributed by atoms with van der Waals surface area (Å²) in [5.74, 6) is 0.233. The highest BCUT2D eigenvalue weighted by atomic mass is 19.1. The Labute approximate surface area is 133 Å². The van der Waals surface area contributed by atoms with Crippen LogP contribution >= 0.6 is 0 Å². The fraction of sp³-hybridized carbons (Fsp3) is 0.278. The predicted octanol–water partition coefficient (Wildman–Crippen LogP) is 3.08. The summed E-state index contributed by atoms with van der Waals surface area (Å²) in [6, 6.07) is 7.76. The Balaban J connectivity index is 1.72. The molecule has 1 aromatic heterocycles. The summed E-state index contributed by atoms with van der Waals surface area (Å²) in [7, 11) is 0. The van der Waals surface area contributed by atoms with Crippen LogP contribution in [0.4, 0.5) is 4.39 Å². The standard InChI is InChI=1S/C18H18FNO3/c1-12-10-16(21)18(22)17(23-12)11-20-8-6-14(7-9-20)13-2-4-15(19)5-3-13/h2-6,10,22H,7-9,11H2,1H3. The number of aromatic hydroxyl groups is 1. The summed E-state index contributed by atoms with van der Waals surface area (Å²) in [4.78, 5) is 13.7. The summed E-state index contributed by atoms with van der Waals surface area (Å²) in [6.07, 6.45) is 2.91. The average molecular weight is 315 g/mol. The predicted molar refractivity (Wildman–Crippen MR) is 85.7 cm³/mol. The van der Waals surface area contributed by atoms with Crippen LogP contribution in [0.5, 0.6) is 5.75 Å². The second-order valence-corrected chi connectivity index (χ2v) is 5.71. The first-order valence-corrected chi connectivity index (χ1v) is 7.53. The Hall–Kier alpha value is -2.40. The normalized spacial score (nSPS) is 15.5. The molecule has 1 aliphatic rings. The topological polar surface area (TPSA) is 53.7 Å². The minimum atomic E-state index is -0.414. The van der Waals surface area contributed by atoms with E-state index in [0.717, 1.165) is 18.5 Å². The minimum absolute atomic E-state index is 0.239. The quantitative estimate of drug-likeness (QED) is 0.946. The van der Waals surface area contributed by atoms with Crippen LogP contribution in [0.15, 0.2) is 45.6 Å². The van der Waals surface area contributed by atoms with Crippen molar-refractivity contribution in [3.8, 4) is 5.75 Å². The molecule has 4 nitrogen and oxygen atoms in total. The first kappa shape index (κ1) is 15.5. The molecule has 3 rings (SSSR count). The van der Waals surface area contributed by atoms with Gasteiger partial charge in [-0.3, -0.25) is 9.69 Å². The lowest BCUT2D eigenvalue weighted by Gasteiger charge is -2.26. The van der Waals surface area contributed by atoms with Gasteiger partial charge in [0.05, 0.1) is 6.54 Å². The maximum Gasteiger partial charge on any atom is 0.227 e. The van der Waals surface area contributed by atoms with Gasteiger partial charge in [0.25, 0.3) is 0 Å². The van der Waals surface area contributed by atoms with Gasteiger partial charge in [-0.25, -0.2) is 4.39 Å². The van der Waals surface area contributed by atoms with Gasteiger partial charge in [0.15, 0.2) is 5.76 Å². The number of aryl methyl sites for hydroxylation is 1. The van der Waals surface area contributed by atoms with Gasteiger partial charge in [-0.2, -0.15) is 0 Å². The van der Waals surface area contributed by atoms with E-state index in [9.17, 15) is 14.3 Å². The van der Waals surface area contributed by atoms with Crippen molar-refractivity contribution in [1.82, 2.24) is 4.90 Å². The van der Waals surface area contributed by atoms with E-state index < -0.39 is 5.43 Å². The molecule has 0 unspecified atom stereocenters. The molecule has 1 aliphatic heterocycles. The molecule has 0 aliphatic carbocycles. The molecule has 0 bridgehead atoms. The highest BCUT2D eigenvalue weighted by Gasteiger charge is 2.17. The second-order valence-electron chi connectivity index (χ2n) is 5.71. The highest BCUT2D eigenvalue weighted by molar-refractivity contribution is 5.66. The molecule has 1 N–H and O–H groups in total. The minimum Gasteiger partial charge on any atom is -0.502 e. The van der Waals surface area contributed by atoms with Crippen molar-refractivity contribution in [2.75, 3.05) is 13.1 Å². The number of rotatable bonds is 3. The van der Waals surface area contributed by atoms with Gasteiger partial charge in [0.2, 0.25) is 11.2 Å². The Morgan fingerprint density at radius 2 is 2.04 bits per heavy atom. The molecule has 1 aromatic carbocycles. The molecule has 23 heavy (non-hydrogen) atoms. The molecule has 0 spiro atoms. The summed E-state index contributed by atoms with van der Waals surface area (Å²) < 4.78 is 18.4. The first-order valence-electron chi connectivity index (χ1n) is 7.53. The van der Waals surface area contributed by atoms with Gasteiger partial charge in [-0.05, 0) is 36.6 Å². The number of hydrogen-bond donors (Lipinski definition) is 1. The monoisotopic (exact) mass is 315 g/mol. The van der Waals surface area contributed by atoms with E-state index in [1.807, 2.05) is 0 Å². The maximum absolute atomic E-state index is 13.0. The van der Waals surface area contributed by atoms with Crippen LogP contribution in [0.1, 0.15) is 23.5 Å². The molecule has 0 amide bonds. The van der Waals surface area contributed by atoms with Crippen molar-refractivity contribution in [2.45, 2.75) is 19.9 Å². The molecular weight excluding hydrogens is 297 g/mol. The largest absolute Gasteiger partial charge is 0.502 e. The molecule has 0 fully saturated rings. The van der Waals surface area contributed by atoms with Gasteiger partial charge in [-0.15, -0.1) is 0 Å². The summed E-state index contributed by atoms with van der Waals surface area (Å²) in [6.45, 7) is 3.53. The first-order chi connectivity index (χ1) is 11.0. The van der Waals surface area contributed by atoms with Gasteiger partial charge < -0.3 is 9.52 Å². The third-order valence-corrected chi connectivity index (χ3v) is 3.99. The smallest absolute Gasteiger partial charge is 0.227 e. The molecule has 0 saturated carbocycles. The lowest BCUT2D eigenvalue weighted by atomic mass is 9.99. The van der Waals surface area contributed by atoms with Crippen LogP contribution in [0, 0.1) is 12.7 Å². The van der Waals surface area contributed by atoms with Crippen molar-refractivity contribution >= 4 is 5.57 Å². The average Bonchev–Trinajstić information content (AvgIpc) is 2.54. The van der Waals surface area contributed by atoms with Crippen LogP contribution in [0.25, 0.3) is 5.57 Å². The SMILES string of the molecule is Cc1cc(=O)c(O)c(CN2CC=C(c3ccc(F)cc3)CC2)o1. The summed E-state index contributed by atoms with van der Waals surface area (Å²) in [5.41, 5.74) is 1.79. The number of hydrogen-bond acceptors (Lipinski definition) is 4. The third-order valence-electron chi connectivity index (χ3n) is 3.99. The van der Waals surface area contributed by atoms with Gasteiger partial charge in [0, 0.05) is 19.2 Å². The van der Waals surface area contributed by atoms with Crippen LogP contribution in [-0.4, -0.2) is 23.1 Å². The molecule has 5 heteroatoms. The number of halogens is 1. The summed E-state index contributed by atoms with van der Waals surface area (Å²) in [5, 5.41) is 9.82. The molecule has 0 saturated heterocycles. The Morgan fingerprint density at radius 3 is 2.70 bits per heavy atom. The van der Waals surface area contributed by atoms with E-state index in [4.69, 9.17) is 4.42 Å². The highest BCUT2D eigenvalue weighted by Crippen LogP contribution is 2.24. The van der Waals surface area contributed by atoms with Crippen LogP contribution in [-0.2, 0) is 6.54 Å². The van der Waals surface area contributed by atoms with Gasteiger partial charge in [-0.1, -0.05) is 18.2 Å². The Morgan fingerprint density at radius 1 is 1.30 bits per heavy atom. The number of benzene rings is 1. The lowest BCUT2D eigenvalue weighted by molar-refractivity contribution is 0.251. The van der Waals surface area contributed by atoms with Crippen LogP contribution < -0.4 is 5.43 Å². The summed E-state index contributed by atoms with van der Waals surface area (Å²) >= 11 is 0. The van der Waals surface area contributed by atoms with E-state index in [2.05, 4.69) is 11.0 Å². The fourth-order valence-electron chi connectivity index (χ4n) is 2.75. The molecule has 2 aromatic rings.